The zero-order valence-corrected chi connectivity index (χ0v) is 17.3. The fourth-order valence-electron chi connectivity index (χ4n) is 3.67. The summed E-state index contributed by atoms with van der Waals surface area (Å²) in [6, 6.07) is 13.2. The summed E-state index contributed by atoms with van der Waals surface area (Å²) in [7, 11) is -0.571. The fourth-order valence-corrected chi connectivity index (χ4v) is 3.67. The molecule has 0 unspecified atom stereocenters. The number of fused-ring (bicyclic) bond motifs is 1. The molecule has 150 valence electrons. The first-order valence-corrected chi connectivity index (χ1v) is 9.79. The summed E-state index contributed by atoms with van der Waals surface area (Å²) >= 11 is 0. The number of nitrogens with zero attached hydrogens (tertiary/aromatic N) is 1. The maximum atomic E-state index is 13.0. The third-order valence-corrected chi connectivity index (χ3v) is 6.21. The maximum absolute atomic E-state index is 13.0. The molecule has 3 N–H and O–H groups in total. The van der Waals surface area contributed by atoms with Gasteiger partial charge in [-0.25, -0.2) is 0 Å². The molecule has 6 nitrogen and oxygen atoms in total. The minimum Gasteiger partial charge on any atom is -0.399 e. The van der Waals surface area contributed by atoms with Crippen LogP contribution in [-0.2, 0) is 27.2 Å². The number of nitrogen functional groups attached to an aromatic ring is 1. The van der Waals surface area contributed by atoms with Gasteiger partial charge in [0.1, 0.15) is 5.71 Å². The highest BCUT2D eigenvalue weighted by Crippen LogP contribution is 2.36. The highest BCUT2D eigenvalue weighted by Gasteiger charge is 2.51. The summed E-state index contributed by atoms with van der Waals surface area (Å²) in [6.07, 6.45) is 0. The highest BCUT2D eigenvalue weighted by molar-refractivity contribution is 6.62. The van der Waals surface area contributed by atoms with Crippen molar-refractivity contribution in [1.82, 2.24) is 4.90 Å². The van der Waals surface area contributed by atoms with Gasteiger partial charge >= 0.3 is 7.12 Å². The number of hydrogen-bond donors (Lipinski definition) is 2. The molecule has 2 heterocycles. The van der Waals surface area contributed by atoms with Crippen LogP contribution in [0.5, 0.6) is 0 Å². The monoisotopic (exact) mass is 391 g/mol. The Kier molecular flexibility index (Phi) is 4.55. The molecule has 1 amide bonds. The minimum atomic E-state index is -0.571. The summed E-state index contributed by atoms with van der Waals surface area (Å²) in [5.41, 5.74) is 8.84. The molecule has 4 rings (SSSR count). The lowest BCUT2D eigenvalue weighted by Gasteiger charge is -2.32. The van der Waals surface area contributed by atoms with Gasteiger partial charge in [-0.1, -0.05) is 36.4 Å². The molecule has 1 fully saturated rings. The van der Waals surface area contributed by atoms with Gasteiger partial charge in [-0.2, -0.15) is 0 Å². The van der Waals surface area contributed by atoms with Gasteiger partial charge < -0.3 is 19.9 Å². The molecule has 0 spiro atoms. The topological polar surface area (TPSA) is 88.6 Å². The highest BCUT2D eigenvalue weighted by atomic mass is 16.7. The van der Waals surface area contributed by atoms with E-state index >= 15 is 0 Å². The number of carbonyl (C=O) groups excluding carboxylic acids is 1. The number of nitrogens with one attached hydrogen (secondary N) is 1. The van der Waals surface area contributed by atoms with Gasteiger partial charge in [-0.3, -0.25) is 10.2 Å². The standard InChI is InChI=1S/C22H26BN3O3/c1-21(2)22(3,4)29-23(28-21)16-9-10-18(24)17(11-16)19(25)20(27)26-12-14-7-5-6-8-15(14)13-26/h5-11,25H,12-13,24H2,1-4H3. The predicted molar refractivity (Wildman–Crippen MR) is 114 cm³/mol. The van der Waals surface area contributed by atoms with Gasteiger partial charge in [0.15, 0.2) is 0 Å². The van der Waals surface area contributed by atoms with Crippen LogP contribution in [0.25, 0.3) is 0 Å². The zero-order chi connectivity index (χ0) is 21.0. The summed E-state index contributed by atoms with van der Waals surface area (Å²) in [5.74, 6) is -0.334. The Morgan fingerprint density at radius 1 is 1.03 bits per heavy atom. The SMILES string of the molecule is CC1(C)OB(c2ccc(N)c(C(=N)C(=O)N3Cc4ccccc4C3)c2)OC1(C)C. The van der Waals surface area contributed by atoms with Crippen molar-refractivity contribution in [3.63, 3.8) is 0 Å². The van der Waals surface area contributed by atoms with E-state index in [1.807, 2.05) is 58.0 Å². The van der Waals surface area contributed by atoms with Crippen LogP contribution in [0.15, 0.2) is 42.5 Å². The molecular formula is C22H26BN3O3. The molecule has 2 aromatic rings. The minimum absolute atomic E-state index is 0.117. The van der Waals surface area contributed by atoms with Crippen LogP contribution in [0.1, 0.15) is 44.4 Å². The summed E-state index contributed by atoms with van der Waals surface area (Å²) in [6.45, 7) is 8.97. The van der Waals surface area contributed by atoms with Crippen molar-refractivity contribution in [3.05, 3.63) is 59.2 Å². The van der Waals surface area contributed by atoms with Crippen molar-refractivity contribution in [2.75, 3.05) is 5.73 Å². The lowest BCUT2D eigenvalue weighted by molar-refractivity contribution is -0.124. The first-order chi connectivity index (χ1) is 13.6. The van der Waals surface area contributed by atoms with Crippen LogP contribution >= 0.6 is 0 Å². The van der Waals surface area contributed by atoms with Gasteiger partial charge in [0.05, 0.1) is 11.2 Å². The third-order valence-electron chi connectivity index (χ3n) is 6.21. The van der Waals surface area contributed by atoms with Crippen molar-refractivity contribution < 1.29 is 14.1 Å². The van der Waals surface area contributed by atoms with Gasteiger partial charge in [0.25, 0.3) is 5.91 Å². The number of hydrogen-bond acceptors (Lipinski definition) is 5. The Morgan fingerprint density at radius 2 is 1.59 bits per heavy atom. The third kappa shape index (κ3) is 3.34. The normalized spacial score (nSPS) is 19.3. The zero-order valence-electron chi connectivity index (χ0n) is 17.3. The number of anilines is 1. The number of rotatable bonds is 3. The van der Waals surface area contributed by atoms with E-state index in [1.54, 1.807) is 17.0 Å². The van der Waals surface area contributed by atoms with Gasteiger partial charge in [0, 0.05) is 24.3 Å². The lowest BCUT2D eigenvalue weighted by Crippen LogP contribution is -2.41. The van der Waals surface area contributed by atoms with Crippen molar-refractivity contribution >= 4 is 29.9 Å². The van der Waals surface area contributed by atoms with Gasteiger partial charge in [-0.15, -0.1) is 0 Å². The Morgan fingerprint density at radius 3 is 2.14 bits per heavy atom. The molecule has 0 atom stereocenters. The van der Waals surface area contributed by atoms with E-state index in [2.05, 4.69) is 0 Å². The molecule has 0 radical (unpaired) electrons. The van der Waals surface area contributed by atoms with Crippen molar-refractivity contribution in [1.29, 1.82) is 5.41 Å². The average Bonchev–Trinajstić information content (AvgIpc) is 3.19. The van der Waals surface area contributed by atoms with E-state index in [1.165, 1.54) is 0 Å². The van der Waals surface area contributed by atoms with E-state index in [9.17, 15) is 4.79 Å². The smallest absolute Gasteiger partial charge is 0.399 e. The second-order valence-corrected chi connectivity index (χ2v) is 8.74. The van der Waals surface area contributed by atoms with Gasteiger partial charge in [-0.05, 0) is 50.4 Å². The fraction of sp³-hybridized carbons (Fsp3) is 0.364. The van der Waals surface area contributed by atoms with Crippen LogP contribution in [0, 0.1) is 5.41 Å². The molecule has 0 bridgehead atoms. The predicted octanol–water partition coefficient (Wildman–Crippen LogP) is 2.48. The number of carbonyl (C=O) groups is 1. The average molecular weight is 391 g/mol. The number of benzene rings is 2. The molecule has 0 aliphatic carbocycles. The molecule has 0 saturated carbocycles. The van der Waals surface area contributed by atoms with Gasteiger partial charge in [0.2, 0.25) is 0 Å². The van der Waals surface area contributed by atoms with Crippen molar-refractivity contribution in [2.24, 2.45) is 0 Å². The number of nitrogens with two attached hydrogens (primary N) is 1. The number of amides is 1. The Labute approximate surface area is 171 Å². The molecule has 1 saturated heterocycles. The maximum Gasteiger partial charge on any atom is 0.494 e. The largest absolute Gasteiger partial charge is 0.494 e. The molecule has 29 heavy (non-hydrogen) atoms. The molecule has 2 aromatic carbocycles. The van der Waals surface area contributed by atoms with Crippen LogP contribution in [0.4, 0.5) is 5.69 Å². The van der Waals surface area contributed by atoms with Crippen molar-refractivity contribution in [3.8, 4) is 0 Å². The molecule has 0 aromatic heterocycles. The lowest BCUT2D eigenvalue weighted by atomic mass is 9.77. The van der Waals surface area contributed by atoms with Crippen LogP contribution in [0.2, 0.25) is 0 Å². The first kappa shape index (κ1) is 19.7. The Bertz CT molecular complexity index is 962. The molecule has 2 aliphatic rings. The van der Waals surface area contributed by atoms with E-state index < -0.39 is 18.3 Å². The van der Waals surface area contributed by atoms with Crippen LogP contribution in [-0.4, -0.2) is 34.8 Å². The Hall–Kier alpha value is -2.64. The van der Waals surface area contributed by atoms with E-state index in [-0.39, 0.29) is 11.6 Å². The van der Waals surface area contributed by atoms with Crippen LogP contribution < -0.4 is 11.2 Å². The summed E-state index contributed by atoms with van der Waals surface area (Å²) < 4.78 is 12.2. The van der Waals surface area contributed by atoms with Crippen LogP contribution in [0.3, 0.4) is 0 Å². The van der Waals surface area contributed by atoms with E-state index in [4.69, 9.17) is 20.5 Å². The molecular weight excluding hydrogens is 365 g/mol. The summed E-state index contributed by atoms with van der Waals surface area (Å²) in [4.78, 5) is 14.7. The Balaban J connectivity index is 1.57. The second-order valence-electron chi connectivity index (χ2n) is 8.74. The molecule has 7 heteroatoms. The quantitative estimate of drug-likeness (QED) is 0.478. The molecule has 2 aliphatic heterocycles. The summed E-state index contributed by atoms with van der Waals surface area (Å²) in [5, 5.41) is 8.52. The van der Waals surface area contributed by atoms with Crippen molar-refractivity contribution in [2.45, 2.75) is 52.0 Å². The van der Waals surface area contributed by atoms with E-state index in [0.29, 0.717) is 24.3 Å². The second kappa shape index (κ2) is 6.71. The first-order valence-electron chi connectivity index (χ1n) is 9.79. The van der Waals surface area contributed by atoms with E-state index in [0.717, 1.165) is 16.6 Å².